The Labute approximate surface area is 96.4 Å². The van der Waals surface area contributed by atoms with E-state index in [0.717, 1.165) is 18.2 Å². The van der Waals surface area contributed by atoms with Gasteiger partial charge in [-0.1, -0.05) is 18.2 Å². The third-order valence-corrected chi connectivity index (χ3v) is 3.09. The monoisotopic (exact) mass is 274 g/mol. The summed E-state index contributed by atoms with van der Waals surface area (Å²) in [5.74, 6) is -3.24. The van der Waals surface area contributed by atoms with Crippen molar-refractivity contribution >= 4 is 16.1 Å². The molecule has 0 aliphatic heterocycles. The maximum Gasteiger partial charge on any atom is 0.314 e. The van der Waals surface area contributed by atoms with Gasteiger partial charge < -0.3 is 26.6 Å². The van der Waals surface area contributed by atoms with Crippen molar-refractivity contribution in [2.75, 3.05) is 0 Å². The molecule has 2 unspecified atom stereocenters. The highest BCUT2D eigenvalue weighted by Crippen LogP contribution is 2.29. The van der Waals surface area contributed by atoms with Crippen LogP contribution in [0.25, 0.3) is 0 Å². The SMILES string of the molecule is O.O.O.O=C(O)C1C=CC=CC1(O)S(=O)(=O)O. The molecule has 10 heteroatoms. The molecule has 1 aliphatic rings. The molecule has 0 heterocycles. The van der Waals surface area contributed by atoms with Crippen molar-refractivity contribution in [3.05, 3.63) is 24.3 Å². The number of carboxylic acids is 1. The van der Waals surface area contributed by atoms with Crippen LogP contribution in [0.2, 0.25) is 0 Å². The molecule has 0 radical (unpaired) electrons. The molecular weight excluding hydrogens is 260 g/mol. The average Bonchev–Trinajstić information content (AvgIpc) is 2.02. The minimum atomic E-state index is -4.88. The fourth-order valence-corrected chi connectivity index (χ4v) is 1.87. The van der Waals surface area contributed by atoms with Crippen LogP contribution >= 0.6 is 0 Å². The Hall–Kier alpha value is -1.30. The summed E-state index contributed by atoms with van der Waals surface area (Å²) in [6.07, 6.45) is 4.13. The lowest BCUT2D eigenvalue weighted by molar-refractivity contribution is -0.143. The number of aliphatic hydroxyl groups is 1. The molecule has 0 aromatic carbocycles. The molecule has 102 valence electrons. The summed E-state index contributed by atoms with van der Waals surface area (Å²) < 4.78 is 30.3. The molecule has 0 saturated heterocycles. The standard InChI is InChI=1S/C7H8O6S.3H2O/c8-6(9)5-3-1-2-4-7(5,10)14(11,12)13;;;/h1-5,10H,(H,8,9)(H,11,12,13);3*1H2. The van der Waals surface area contributed by atoms with E-state index in [9.17, 15) is 18.3 Å². The highest BCUT2D eigenvalue weighted by molar-refractivity contribution is 7.87. The molecule has 0 aromatic rings. The zero-order valence-electron chi connectivity index (χ0n) is 8.36. The zero-order valence-corrected chi connectivity index (χ0v) is 9.18. The van der Waals surface area contributed by atoms with Gasteiger partial charge in [0, 0.05) is 0 Å². The van der Waals surface area contributed by atoms with Crippen molar-refractivity contribution < 1.29 is 44.4 Å². The molecule has 1 rings (SSSR count). The predicted molar refractivity (Wildman–Crippen MR) is 56.7 cm³/mol. The molecule has 0 bridgehead atoms. The second-order valence-electron chi connectivity index (χ2n) is 2.79. The van der Waals surface area contributed by atoms with Gasteiger partial charge in [0.05, 0.1) is 0 Å². The highest BCUT2D eigenvalue weighted by Gasteiger charge is 2.49. The van der Waals surface area contributed by atoms with Crippen LogP contribution in [0.5, 0.6) is 0 Å². The van der Waals surface area contributed by atoms with Crippen molar-refractivity contribution in [2.24, 2.45) is 5.92 Å². The number of rotatable bonds is 2. The van der Waals surface area contributed by atoms with Crippen molar-refractivity contribution in [3.8, 4) is 0 Å². The second kappa shape index (κ2) is 6.44. The molecule has 0 fully saturated rings. The summed E-state index contributed by atoms with van der Waals surface area (Å²) in [6, 6.07) is 0. The van der Waals surface area contributed by atoms with Crippen LogP contribution in [-0.2, 0) is 14.9 Å². The molecule has 0 saturated carbocycles. The van der Waals surface area contributed by atoms with Crippen LogP contribution in [-0.4, -0.2) is 50.5 Å². The van der Waals surface area contributed by atoms with Crippen molar-refractivity contribution in [1.82, 2.24) is 0 Å². The first-order valence-corrected chi connectivity index (χ1v) is 5.01. The van der Waals surface area contributed by atoms with Crippen LogP contribution in [0.1, 0.15) is 0 Å². The minimum Gasteiger partial charge on any atom is -0.481 e. The lowest BCUT2D eigenvalue weighted by Gasteiger charge is -2.27. The van der Waals surface area contributed by atoms with E-state index in [1.165, 1.54) is 6.08 Å². The van der Waals surface area contributed by atoms with Gasteiger partial charge in [-0.05, 0) is 6.08 Å². The van der Waals surface area contributed by atoms with Gasteiger partial charge in [-0.2, -0.15) is 8.42 Å². The Morgan fingerprint density at radius 3 is 1.94 bits per heavy atom. The molecule has 2 atom stereocenters. The second-order valence-corrected chi connectivity index (χ2v) is 4.39. The summed E-state index contributed by atoms with van der Waals surface area (Å²) in [7, 11) is -4.88. The van der Waals surface area contributed by atoms with Crippen LogP contribution in [0.3, 0.4) is 0 Å². The minimum absolute atomic E-state index is 0. The Bertz CT molecular complexity index is 409. The van der Waals surface area contributed by atoms with Crippen molar-refractivity contribution in [2.45, 2.75) is 4.93 Å². The van der Waals surface area contributed by atoms with E-state index in [1.54, 1.807) is 0 Å². The van der Waals surface area contributed by atoms with Gasteiger partial charge in [-0.15, -0.1) is 0 Å². The average molecular weight is 274 g/mol. The van der Waals surface area contributed by atoms with E-state index < -0.39 is 26.9 Å². The van der Waals surface area contributed by atoms with Crippen LogP contribution < -0.4 is 0 Å². The predicted octanol–water partition coefficient (Wildman–Crippen LogP) is -3.08. The van der Waals surface area contributed by atoms with Gasteiger partial charge in [0.15, 0.2) is 0 Å². The molecule has 0 amide bonds. The number of allylic oxidation sites excluding steroid dienone is 2. The van der Waals surface area contributed by atoms with Gasteiger partial charge in [0.1, 0.15) is 5.92 Å². The van der Waals surface area contributed by atoms with E-state index in [0.29, 0.717) is 0 Å². The topological polar surface area (TPSA) is 206 Å². The highest BCUT2D eigenvalue weighted by atomic mass is 32.2. The van der Waals surface area contributed by atoms with Gasteiger partial charge in [-0.3, -0.25) is 9.35 Å². The largest absolute Gasteiger partial charge is 0.481 e. The molecule has 0 aromatic heterocycles. The first kappa shape index (κ1) is 21.0. The molecule has 9 N–H and O–H groups in total. The lowest BCUT2D eigenvalue weighted by Crippen LogP contribution is -2.47. The number of carbonyl (C=O) groups is 1. The van der Waals surface area contributed by atoms with E-state index in [2.05, 4.69) is 0 Å². The number of hydrogen-bond acceptors (Lipinski definition) is 4. The Morgan fingerprint density at radius 2 is 1.65 bits per heavy atom. The summed E-state index contributed by atoms with van der Waals surface area (Å²) in [6.45, 7) is 0. The Kier molecular flexibility index (Phi) is 7.97. The smallest absolute Gasteiger partial charge is 0.314 e. The summed E-state index contributed by atoms with van der Waals surface area (Å²) in [5.41, 5.74) is 0. The Balaban J connectivity index is -0.000000653. The van der Waals surface area contributed by atoms with E-state index >= 15 is 0 Å². The molecule has 1 aliphatic carbocycles. The first-order valence-electron chi connectivity index (χ1n) is 3.57. The molecule has 0 spiro atoms. The van der Waals surface area contributed by atoms with Crippen LogP contribution in [0.4, 0.5) is 0 Å². The van der Waals surface area contributed by atoms with Crippen molar-refractivity contribution in [1.29, 1.82) is 0 Å². The zero-order chi connectivity index (χ0) is 11.0. The van der Waals surface area contributed by atoms with Gasteiger partial charge in [0.25, 0.3) is 10.1 Å². The van der Waals surface area contributed by atoms with Crippen molar-refractivity contribution in [3.63, 3.8) is 0 Å². The quantitative estimate of drug-likeness (QED) is 0.444. The third-order valence-electron chi connectivity index (χ3n) is 1.87. The molecule has 9 nitrogen and oxygen atoms in total. The normalized spacial score (nSPS) is 26.1. The number of carboxylic acid groups (broad SMARTS) is 1. The maximum absolute atomic E-state index is 10.8. The number of hydrogen-bond donors (Lipinski definition) is 3. The van der Waals surface area contributed by atoms with Crippen LogP contribution in [0.15, 0.2) is 24.3 Å². The van der Waals surface area contributed by atoms with Gasteiger partial charge in [-0.25, -0.2) is 0 Å². The van der Waals surface area contributed by atoms with Gasteiger partial charge >= 0.3 is 5.97 Å². The fraction of sp³-hybridized carbons (Fsp3) is 0.286. The summed E-state index contributed by atoms with van der Waals surface area (Å²) in [4.78, 5) is 7.81. The molecule has 17 heavy (non-hydrogen) atoms. The Morgan fingerprint density at radius 1 is 1.18 bits per heavy atom. The lowest BCUT2D eigenvalue weighted by atomic mass is 9.97. The van der Waals surface area contributed by atoms with Crippen LogP contribution in [0, 0.1) is 5.92 Å². The van der Waals surface area contributed by atoms with E-state index in [1.807, 2.05) is 0 Å². The van der Waals surface area contributed by atoms with E-state index in [4.69, 9.17) is 9.66 Å². The maximum atomic E-state index is 10.8. The number of aliphatic carboxylic acids is 1. The summed E-state index contributed by atoms with van der Waals surface area (Å²) in [5, 5.41) is 18.1. The third kappa shape index (κ3) is 3.59. The first-order chi connectivity index (χ1) is 6.29. The van der Waals surface area contributed by atoms with E-state index in [-0.39, 0.29) is 16.4 Å². The summed E-state index contributed by atoms with van der Waals surface area (Å²) >= 11 is 0. The molecular formula is C7H14O9S. The van der Waals surface area contributed by atoms with Gasteiger partial charge in [0.2, 0.25) is 4.93 Å². The fourth-order valence-electron chi connectivity index (χ4n) is 1.12.